The smallest absolute Gasteiger partial charge is 0.387 e. The van der Waals surface area contributed by atoms with Gasteiger partial charge in [-0.3, -0.25) is 0 Å². The van der Waals surface area contributed by atoms with Crippen molar-refractivity contribution in [2.45, 2.75) is 46.5 Å². The van der Waals surface area contributed by atoms with Crippen molar-refractivity contribution in [2.75, 3.05) is 78.7 Å². The second-order valence-corrected chi connectivity index (χ2v) is 10.0. The molecule has 3 rings (SSSR count). The number of hydrogen-bond acceptors (Lipinski definition) is 10. The first kappa shape index (κ1) is 58.7. The molecule has 12 nitrogen and oxygen atoms in total. The predicted molar refractivity (Wildman–Crippen MR) is 192 cm³/mol. The molecule has 52 heavy (non-hydrogen) atoms. The Bertz CT molecular complexity index is 1340. The van der Waals surface area contributed by atoms with E-state index in [9.17, 15) is 9.59 Å². The Balaban J connectivity index is -0.000000203. The molecule has 1 radical (unpaired) electrons. The van der Waals surface area contributed by atoms with Crippen LogP contribution in [-0.4, -0.2) is 100 Å². The molecule has 2 heterocycles. The van der Waals surface area contributed by atoms with Gasteiger partial charge in [-0.15, -0.1) is 0 Å². The molecule has 15 heteroatoms. The number of nitriles is 2. The maximum atomic E-state index is 11.6. The van der Waals surface area contributed by atoms with E-state index in [4.69, 9.17) is 31.3 Å². The van der Waals surface area contributed by atoms with E-state index >= 15 is 0 Å². The van der Waals surface area contributed by atoms with Crippen LogP contribution in [0.3, 0.4) is 0 Å². The van der Waals surface area contributed by atoms with Gasteiger partial charge < -0.3 is 65.4 Å². The number of carbonyl (C=O) groups excluding carboxylic acids is 2. The van der Waals surface area contributed by atoms with Gasteiger partial charge in [0.05, 0.1) is 19.3 Å². The number of allylic oxidation sites excluding steroid dienone is 4. The molecule has 2 aliphatic rings. The van der Waals surface area contributed by atoms with E-state index in [-0.39, 0.29) is 106 Å². The molecule has 1 fully saturated rings. The van der Waals surface area contributed by atoms with Crippen molar-refractivity contribution in [3.63, 3.8) is 0 Å². The van der Waals surface area contributed by atoms with Crippen molar-refractivity contribution >= 4 is 23.3 Å². The first-order chi connectivity index (χ1) is 23.3. The Labute approximate surface area is 364 Å². The molecule has 1 saturated heterocycles. The second kappa shape index (κ2) is 41.2. The number of carbonyl (C=O) groups is 2. The number of benzene rings is 1. The zero-order valence-electron chi connectivity index (χ0n) is 31.4. The summed E-state index contributed by atoms with van der Waals surface area (Å²) in [6.45, 7) is 15.9. The third-order valence-corrected chi connectivity index (χ3v) is 6.48. The van der Waals surface area contributed by atoms with Crippen LogP contribution in [0, 0.1) is 67.8 Å². The number of hydrogen-bond donors (Lipinski definition) is 1. The molecule has 2 aliphatic heterocycles. The SMILES string of the molecule is CC#N.CCOCCOC(=O)/C(C#N)=C\C=C1/CCCN1C.C[N+]1=C(/C=C/Nc2ccccc2)CCC1.[C-]#[N+]CC(=O)OCCOCC.[CH3-].[I-].[U].[V]. The van der Waals surface area contributed by atoms with Crippen LogP contribution in [0.25, 0.3) is 4.85 Å². The summed E-state index contributed by atoms with van der Waals surface area (Å²) in [5.74, 6) is -1.08. The van der Waals surface area contributed by atoms with Crippen molar-refractivity contribution in [1.29, 1.82) is 10.5 Å². The summed E-state index contributed by atoms with van der Waals surface area (Å²) in [5, 5.41) is 19.5. The van der Waals surface area contributed by atoms with Gasteiger partial charge in [-0.1, -0.05) is 18.2 Å². The fourth-order valence-electron chi connectivity index (χ4n) is 4.07. The quantitative estimate of drug-likeness (QED) is 0.0563. The average Bonchev–Trinajstić information content (AvgIpc) is 3.70. The van der Waals surface area contributed by atoms with Crippen molar-refractivity contribution in [3.05, 3.63) is 84.9 Å². The molecular weight excluding hydrogens is 1040 g/mol. The zero-order chi connectivity index (χ0) is 35.8. The summed E-state index contributed by atoms with van der Waals surface area (Å²) < 4.78 is 21.8. The normalized spacial score (nSPS) is 13.2. The number of likely N-dealkylation sites (tertiary alicyclic amines) is 1. The van der Waals surface area contributed by atoms with Crippen LogP contribution in [0.1, 0.15) is 46.5 Å². The summed E-state index contributed by atoms with van der Waals surface area (Å²) in [5.41, 5.74) is 3.70. The molecule has 0 unspecified atom stereocenters. The van der Waals surface area contributed by atoms with Gasteiger partial charge in [0.15, 0.2) is 5.71 Å². The molecule has 0 atom stereocenters. The number of nitrogens with one attached hydrogen (secondary N) is 1. The number of ether oxygens (including phenoxy) is 4. The van der Waals surface area contributed by atoms with E-state index in [1.165, 1.54) is 38.1 Å². The molecule has 0 aromatic heterocycles. The van der Waals surface area contributed by atoms with Gasteiger partial charge in [0.2, 0.25) is 0 Å². The minimum Gasteiger partial charge on any atom is -1.00 e. The largest absolute Gasteiger partial charge is 1.00 e. The number of anilines is 1. The van der Waals surface area contributed by atoms with Crippen LogP contribution in [0.15, 0.2) is 66.0 Å². The maximum absolute atomic E-state index is 11.6. The van der Waals surface area contributed by atoms with Crippen LogP contribution in [0.2, 0.25) is 0 Å². The molecule has 0 bridgehead atoms. The van der Waals surface area contributed by atoms with Gasteiger partial charge in [0, 0.05) is 120 Å². The fraction of sp³-hybridized carbons (Fsp3) is 0.486. The van der Waals surface area contributed by atoms with Crippen LogP contribution in [0.4, 0.5) is 5.69 Å². The Morgan fingerprint density at radius 3 is 2.12 bits per heavy atom. The zero-order valence-corrected chi connectivity index (χ0v) is 39.1. The molecule has 0 saturated carbocycles. The molecule has 1 aromatic rings. The van der Waals surface area contributed by atoms with Crippen LogP contribution >= 0.6 is 0 Å². The number of halogens is 1. The first-order valence-corrected chi connectivity index (χ1v) is 16.0. The molecule has 0 amide bonds. The van der Waals surface area contributed by atoms with E-state index < -0.39 is 11.9 Å². The minimum absolute atomic E-state index is 0. The summed E-state index contributed by atoms with van der Waals surface area (Å²) in [6, 6.07) is 13.8. The first-order valence-electron chi connectivity index (χ1n) is 16.0. The monoisotopic (exact) mass is 1090 g/mol. The van der Waals surface area contributed by atoms with Crippen molar-refractivity contribution in [1.82, 2.24) is 4.90 Å². The van der Waals surface area contributed by atoms with Crippen LogP contribution in [0.5, 0.6) is 0 Å². The van der Waals surface area contributed by atoms with Gasteiger partial charge in [0.25, 0.3) is 0 Å². The molecule has 1 aromatic carbocycles. The summed E-state index contributed by atoms with van der Waals surface area (Å²) in [6.07, 6.45) is 12.1. The number of rotatable bonds is 14. The van der Waals surface area contributed by atoms with Gasteiger partial charge in [-0.25, -0.2) is 20.7 Å². The van der Waals surface area contributed by atoms with Gasteiger partial charge in [-0.05, 0) is 51.0 Å². The van der Waals surface area contributed by atoms with Crippen molar-refractivity contribution < 1.29 is 107 Å². The number of para-hydroxylation sites is 1. The third-order valence-electron chi connectivity index (χ3n) is 6.48. The molecular formula is C37H54IN6O6UV-. The average molecular weight is 1090 g/mol. The summed E-state index contributed by atoms with van der Waals surface area (Å²) in [4.78, 5) is 27.1. The van der Waals surface area contributed by atoms with E-state index in [1.54, 1.807) is 6.07 Å². The molecule has 0 spiro atoms. The standard InChI is InChI=1S/C14H20N2O3.C13H16N2.C7H11NO3.C2H3N.CH3.HI.U.V/c1-3-18-9-10-19-14(17)12(11-15)6-7-13-5-4-8-16(13)2;1-15-11-5-8-13(15)9-10-14-12-6-3-2-4-7-12;1-3-10-4-5-11-7(9)6-8-2;1-2-3;;;;/h6-7H,3-5,8-10H2,1-2H3;2-4,6-7,9-10H,5,8,11H2,1H3;3-6H2,1H3;1H3;1H3;1H;;/q;;;;-1;;;/b12-6-,13-7+;;;;;;;. The maximum Gasteiger partial charge on any atom is 0.387 e. The van der Waals surface area contributed by atoms with Crippen LogP contribution in [-0.2, 0) is 47.1 Å². The summed E-state index contributed by atoms with van der Waals surface area (Å²) in [7, 11) is 4.15. The van der Waals surface area contributed by atoms with Gasteiger partial charge in [-0.2, -0.15) is 10.5 Å². The van der Waals surface area contributed by atoms with Gasteiger partial charge >= 0.3 is 18.5 Å². The van der Waals surface area contributed by atoms with Gasteiger partial charge in [0.1, 0.15) is 38.4 Å². The molecule has 0 aliphatic carbocycles. The van der Waals surface area contributed by atoms with E-state index in [0.717, 1.165) is 30.8 Å². The molecule has 1 N–H and O–H groups in total. The second-order valence-electron chi connectivity index (χ2n) is 10.0. The van der Waals surface area contributed by atoms with E-state index in [0.29, 0.717) is 26.4 Å². The summed E-state index contributed by atoms with van der Waals surface area (Å²) >= 11 is 0. The van der Waals surface area contributed by atoms with Crippen LogP contribution < -0.4 is 29.3 Å². The Hall–Kier alpha value is -2.59. The third kappa shape index (κ3) is 31.0. The number of nitrogens with zero attached hydrogens (tertiary/aromatic N) is 5. The minimum atomic E-state index is -0.597. The Morgan fingerprint density at radius 1 is 1.04 bits per heavy atom. The fourth-order valence-corrected chi connectivity index (χ4v) is 4.07. The molecule has 285 valence electrons. The van der Waals surface area contributed by atoms with Crippen molar-refractivity contribution in [2.24, 2.45) is 0 Å². The van der Waals surface area contributed by atoms with E-state index in [2.05, 4.69) is 49.6 Å². The van der Waals surface area contributed by atoms with Crippen molar-refractivity contribution in [3.8, 4) is 12.1 Å². The topological polar surface area (TPSA) is 141 Å². The Kier molecular flexibility index (Phi) is 46.5. The Morgan fingerprint density at radius 2 is 1.63 bits per heavy atom. The predicted octanol–water partition coefficient (Wildman–Crippen LogP) is 2.58. The number of esters is 2. The van der Waals surface area contributed by atoms with E-state index in [1.807, 2.05) is 57.4 Å².